The number of nitrogens with one attached hydrogen (secondary N) is 1. The van der Waals surface area contributed by atoms with Gasteiger partial charge in [-0.1, -0.05) is 12.8 Å². The summed E-state index contributed by atoms with van der Waals surface area (Å²) >= 11 is 0. The highest BCUT2D eigenvalue weighted by atomic mass is 16.3. The summed E-state index contributed by atoms with van der Waals surface area (Å²) in [6.07, 6.45) is 7.02. The summed E-state index contributed by atoms with van der Waals surface area (Å²) < 4.78 is 5.30. The molecule has 0 unspecified atom stereocenters. The predicted octanol–water partition coefficient (Wildman–Crippen LogP) is 2.80. The molecular weight excluding hydrogens is 212 g/mol. The van der Waals surface area contributed by atoms with Gasteiger partial charge in [-0.05, 0) is 53.0 Å². The van der Waals surface area contributed by atoms with Gasteiger partial charge in [0.2, 0.25) is 0 Å². The molecule has 1 aromatic heterocycles. The summed E-state index contributed by atoms with van der Waals surface area (Å²) in [5, 5.41) is 3.18. The third-order valence-corrected chi connectivity index (χ3v) is 3.12. The van der Waals surface area contributed by atoms with E-state index in [-0.39, 0.29) is 0 Å². The van der Waals surface area contributed by atoms with Crippen LogP contribution >= 0.6 is 0 Å². The topological polar surface area (TPSA) is 28.4 Å². The second-order valence-electron chi connectivity index (χ2n) is 4.76. The first-order valence-corrected chi connectivity index (χ1v) is 6.60. The fraction of sp³-hybridized carbons (Fsp3) is 0.714. The molecule has 0 aliphatic carbocycles. The number of rotatable bonds is 9. The van der Waals surface area contributed by atoms with E-state index >= 15 is 0 Å². The lowest BCUT2D eigenvalue weighted by Crippen LogP contribution is -2.19. The molecule has 1 heterocycles. The largest absolute Gasteiger partial charge is 0.469 e. The Morgan fingerprint density at radius 1 is 1.24 bits per heavy atom. The summed E-state index contributed by atoms with van der Waals surface area (Å²) in [6.45, 7) is 5.34. The number of hydrogen-bond acceptors (Lipinski definition) is 3. The van der Waals surface area contributed by atoms with Crippen molar-refractivity contribution >= 4 is 0 Å². The number of unbranched alkanes of at least 4 members (excludes halogenated alkanes) is 3. The molecule has 1 aromatic rings. The van der Waals surface area contributed by atoms with Crippen LogP contribution in [-0.2, 0) is 6.54 Å². The van der Waals surface area contributed by atoms with Crippen molar-refractivity contribution in [1.29, 1.82) is 0 Å². The zero-order chi connectivity index (χ0) is 12.5. The zero-order valence-electron chi connectivity index (χ0n) is 11.5. The second-order valence-corrected chi connectivity index (χ2v) is 4.76. The molecule has 0 bridgehead atoms. The molecule has 0 saturated heterocycles. The van der Waals surface area contributed by atoms with Gasteiger partial charge in [0, 0.05) is 12.1 Å². The highest BCUT2D eigenvalue weighted by molar-refractivity contribution is 5.14. The average Bonchev–Trinajstić information content (AvgIpc) is 2.69. The van der Waals surface area contributed by atoms with E-state index in [1.54, 1.807) is 6.26 Å². The van der Waals surface area contributed by atoms with Gasteiger partial charge in [-0.25, -0.2) is 0 Å². The predicted molar refractivity (Wildman–Crippen MR) is 72.2 cm³/mol. The van der Waals surface area contributed by atoms with E-state index in [1.165, 1.54) is 37.8 Å². The zero-order valence-corrected chi connectivity index (χ0v) is 11.5. The lowest BCUT2D eigenvalue weighted by Gasteiger charge is -2.15. The quantitative estimate of drug-likeness (QED) is 0.671. The Bertz CT molecular complexity index is 296. The van der Waals surface area contributed by atoms with Crippen molar-refractivity contribution < 1.29 is 4.42 Å². The van der Waals surface area contributed by atoms with Crippen LogP contribution in [0, 0.1) is 6.92 Å². The molecule has 3 heteroatoms. The van der Waals surface area contributed by atoms with Crippen LogP contribution in [0.3, 0.4) is 0 Å². The molecule has 0 radical (unpaired) electrons. The average molecular weight is 238 g/mol. The number of hydrogen-bond donors (Lipinski definition) is 1. The van der Waals surface area contributed by atoms with Crippen molar-refractivity contribution in [2.24, 2.45) is 0 Å². The number of aryl methyl sites for hydroxylation is 1. The van der Waals surface area contributed by atoms with Crippen molar-refractivity contribution in [3.05, 3.63) is 23.7 Å². The Morgan fingerprint density at radius 3 is 2.65 bits per heavy atom. The van der Waals surface area contributed by atoms with Crippen LogP contribution in [0.25, 0.3) is 0 Å². The Hall–Kier alpha value is -0.800. The summed E-state index contributed by atoms with van der Waals surface area (Å²) in [6, 6.07) is 2.07. The lowest BCUT2D eigenvalue weighted by atomic mass is 10.2. The molecule has 1 N–H and O–H groups in total. The summed E-state index contributed by atoms with van der Waals surface area (Å²) in [5.41, 5.74) is 1.31. The molecule has 0 atom stereocenters. The van der Waals surface area contributed by atoms with E-state index in [2.05, 4.69) is 23.3 Å². The van der Waals surface area contributed by atoms with E-state index in [0.717, 1.165) is 18.8 Å². The molecular formula is C14H26N2O. The molecule has 0 fully saturated rings. The molecule has 17 heavy (non-hydrogen) atoms. The van der Waals surface area contributed by atoms with Crippen LogP contribution in [0.4, 0.5) is 0 Å². The molecule has 3 nitrogen and oxygen atoms in total. The van der Waals surface area contributed by atoms with Crippen molar-refractivity contribution in [3.63, 3.8) is 0 Å². The van der Waals surface area contributed by atoms with Gasteiger partial charge in [0.15, 0.2) is 0 Å². The maximum absolute atomic E-state index is 5.30. The van der Waals surface area contributed by atoms with E-state index in [0.29, 0.717) is 0 Å². The van der Waals surface area contributed by atoms with Crippen molar-refractivity contribution in [2.75, 3.05) is 27.2 Å². The third-order valence-electron chi connectivity index (χ3n) is 3.12. The molecule has 0 aliphatic rings. The highest BCUT2D eigenvalue weighted by Crippen LogP contribution is 2.11. The second kappa shape index (κ2) is 8.31. The van der Waals surface area contributed by atoms with Crippen molar-refractivity contribution in [3.8, 4) is 0 Å². The van der Waals surface area contributed by atoms with Gasteiger partial charge in [0.1, 0.15) is 5.76 Å². The van der Waals surface area contributed by atoms with Crippen LogP contribution in [0.2, 0.25) is 0 Å². The number of nitrogens with zero attached hydrogens (tertiary/aromatic N) is 1. The van der Waals surface area contributed by atoms with Crippen LogP contribution in [-0.4, -0.2) is 32.1 Å². The van der Waals surface area contributed by atoms with Crippen molar-refractivity contribution in [1.82, 2.24) is 10.2 Å². The van der Waals surface area contributed by atoms with Crippen LogP contribution in [0.1, 0.15) is 37.0 Å². The SMILES string of the molecule is CNCCCCCCN(C)Cc1ccoc1C. The maximum atomic E-state index is 5.30. The Labute approximate surface area is 105 Å². The van der Waals surface area contributed by atoms with Gasteiger partial charge in [0.25, 0.3) is 0 Å². The van der Waals surface area contributed by atoms with Gasteiger partial charge >= 0.3 is 0 Å². The monoisotopic (exact) mass is 238 g/mol. The first-order chi connectivity index (χ1) is 8.24. The summed E-state index contributed by atoms with van der Waals surface area (Å²) in [4.78, 5) is 2.37. The first-order valence-electron chi connectivity index (χ1n) is 6.60. The van der Waals surface area contributed by atoms with Gasteiger partial charge in [-0.2, -0.15) is 0 Å². The van der Waals surface area contributed by atoms with Crippen molar-refractivity contribution in [2.45, 2.75) is 39.2 Å². The van der Waals surface area contributed by atoms with Crippen LogP contribution in [0.5, 0.6) is 0 Å². The lowest BCUT2D eigenvalue weighted by molar-refractivity contribution is 0.314. The summed E-state index contributed by atoms with van der Waals surface area (Å²) in [5.74, 6) is 1.05. The summed E-state index contributed by atoms with van der Waals surface area (Å²) in [7, 11) is 4.20. The van der Waals surface area contributed by atoms with E-state index in [4.69, 9.17) is 4.42 Å². The molecule has 1 rings (SSSR count). The van der Waals surface area contributed by atoms with E-state index in [1.807, 2.05) is 14.0 Å². The Morgan fingerprint density at radius 2 is 2.00 bits per heavy atom. The standard InChI is InChI=1S/C14H26N2O/c1-13-14(8-11-17-13)12-16(3)10-7-5-4-6-9-15-2/h8,11,15H,4-7,9-10,12H2,1-3H3. The molecule has 0 aromatic carbocycles. The molecule has 0 spiro atoms. The highest BCUT2D eigenvalue weighted by Gasteiger charge is 2.04. The molecule has 0 saturated carbocycles. The normalized spacial score (nSPS) is 11.3. The van der Waals surface area contributed by atoms with E-state index < -0.39 is 0 Å². The minimum absolute atomic E-state index is 0.999. The fourth-order valence-corrected chi connectivity index (χ4v) is 1.98. The van der Waals surface area contributed by atoms with Crippen LogP contribution in [0.15, 0.2) is 16.7 Å². The smallest absolute Gasteiger partial charge is 0.105 e. The van der Waals surface area contributed by atoms with Gasteiger partial charge < -0.3 is 14.6 Å². The van der Waals surface area contributed by atoms with Gasteiger partial charge in [-0.3, -0.25) is 0 Å². The fourth-order valence-electron chi connectivity index (χ4n) is 1.98. The Balaban J connectivity index is 2.05. The minimum atomic E-state index is 0.999. The minimum Gasteiger partial charge on any atom is -0.469 e. The van der Waals surface area contributed by atoms with E-state index in [9.17, 15) is 0 Å². The van der Waals surface area contributed by atoms with Gasteiger partial charge in [0.05, 0.1) is 6.26 Å². The third kappa shape index (κ3) is 5.89. The molecule has 0 aliphatic heterocycles. The van der Waals surface area contributed by atoms with Crippen LogP contribution < -0.4 is 5.32 Å². The van der Waals surface area contributed by atoms with Gasteiger partial charge in [-0.15, -0.1) is 0 Å². The molecule has 98 valence electrons. The maximum Gasteiger partial charge on any atom is 0.105 e. The first kappa shape index (κ1) is 14.3. The number of furan rings is 1. The Kier molecular flexibility index (Phi) is 6.97. The molecule has 0 amide bonds.